The molecule has 2 aliphatic rings. The summed E-state index contributed by atoms with van der Waals surface area (Å²) in [6.07, 6.45) is 7.32. The molecular formula is C25H35N5O5. The van der Waals surface area contributed by atoms with Gasteiger partial charge in [0, 0.05) is 36.0 Å². The number of aromatic amines is 1. The minimum absolute atomic E-state index is 0.0546. The number of methoxy groups -OCH3 is 1. The summed E-state index contributed by atoms with van der Waals surface area (Å²) in [6.45, 7) is 2.00. The van der Waals surface area contributed by atoms with Crippen molar-refractivity contribution in [3.63, 3.8) is 0 Å². The van der Waals surface area contributed by atoms with Gasteiger partial charge in [-0.2, -0.15) is 5.10 Å². The van der Waals surface area contributed by atoms with Crippen LogP contribution in [0.1, 0.15) is 75.5 Å². The highest BCUT2D eigenvalue weighted by Crippen LogP contribution is 2.36. The largest absolute Gasteiger partial charge is 0.481 e. The van der Waals surface area contributed by atoms with Gasteiger partial charge in [0.25, 0.3) is 0 Å². The summed E-state index contributed by atoms with van der Waals surface area (Å²) in [5, 5.41) is 23.4. The van der Waals surface area contributed by atoms with Gasteiger partial charge in [0.15, 0.2) is 5.82 Å². The van der Waals surface area contributed by atoms with E-state index in [0.717, 1.165) is 43.4 Å². The Morgan fingerprint density at radius 3 is 2.71 bits per heavy atom. The van der Waals surface area contributed by atoms with Crippen LogP contribution in [-0.4, -0.2) is 57.1 Å². The van der Waals surface area contributed by atoms with E-state index in [1.807, 2.05) is 13.0 Å². The second kappa shape index (κ2) is 11.1. The van der Waals surface area contributed by atoms with E-state index in [-0.39, 0.29) is 36.5 Å². The summed E-state index contributed by atoms with van der Waals surface area (Å²) in [5.41, 5.74) is 1.11. The van der Waals surface area contributed by atoms with Gasteiger partial charge in [-0.05, 0) is 56.9 Å². The molecule has 2 saturated carbocycles. The average molecular weight is 486 g/mol. The molecule has 0 bridgehead atoms. The van der Waals surface area contributed by atoms with Gasteiger partial charge in [-0.3, -0.25) is 9.89 Å². The van der Waals surface area contributed by atoms with Gasteiger partial charge in [0.2, 0.25) is 11.8 Å². The van der Waals surface area contributed by atoms with Crippen molar-refractivity contribution in [3.8, 4) is 5.88 Å². The number of alkyl carbamates (subject to hydrolysis) is 1. The Balaban J connectivity index is 1.20. The van der Waals surface area contributed by atoms with Gasteiger partial charge in [0.05, 0.1) is 19.1 Å². The number of carbonyl (C=O) groups excluding carboxylic acids is 2. The van der Waals surface area contributed by atoms with Crippen LogP contribution in [0.4, 0.5) is 10.6 Å². The lowest BCUT2D eigenvalue weighted by Crippen LogP contribution is -2.43. The maximum absolute atomic E-state index is 12.4. The topological polar surface area (TPSA) is 138 Å². The number of aromatic nitrogens is 3. The fraction of sp³-hybridized carbons (Fsp3) is 0.600. The Morgan fingerprint density at radius 2 is 2.03 bits per heavy atom. The molecule has 35 heavy (non-hydrogen) atoms. The highest BCUT2D eigenvalue weighted by atomic mass is 16.6. The first-order chi connectivity index (χ1) is 16.9. The van der Waals surface area contributed by atoms with Crippen LogP contribution in [0.15, 0.2) is 24.4 Å². The number of amides is 2. The van der Waals surface area contributed by atoms with Crippen LogP contribution in [-0.2, 0) is 16.0 Å². The highest BCUT2D eigenvalue weighted by Gasteiger charge is 2.34. The molecule has 10 nitrogen and oxygen atoms in total. The molecule has 190 valence electrons. The van der Waals surface area contributed by atoms with Crippen LogP contribution in [0.2, 0.25) is 0 Å². The molecule has 0 aromatic carbocycles. The first-order valence-electron chi connectivity index (χ1n) is 12.4. The van der Waals surface area contributed by atoms with E-state index in [0.29, 0.717) is 31.0 Å². The number of aliphatic hydroxyl groups is 1. The van der Waals surface area contributed by atoms with E-state index in [2.05, 4.69) is 25.8 Å². The van der Waals surface area contributed by atoms with E-state index >= 15 is 0 Å². The maximum Gasteiger partial charge on any atom is 0.407 e. The Labute approximate surface area is 205 Å². The molecular weight excluding hydrogens is 450 g/mol. The fourth-order valence-corrected chi connectivity index (χ4v) is 4.95. The third kappa shape index (κ3) is 6.72. The smallest absolute Gasteiger partial charge is 0.407 e. The number of nitrogens with zero attached hydrogens (tertiary/aromatic N) is 2. The summed E-state index contributed by atoms with van der Waals surface area (Å²) in [4.78, 5) is 28.8. The van der Waals surface area contributed by atoms with Crippen molar-refractivity contribution < 1.29 is 24.2 Å². The van der Waals surface area contributed by atoms with Gasteiger partial charge in [0.1, 0.15) is 6.10 Å². The van der Waals surface area contributed by atoms with Gasteiger partial charge in [-0.15, -0.1) is 0 Å². The summed E-state index contributed by atoms with van der Waals surface area (Å²) in [7, 11) is 1.54. The van der Waals surface area contributed by atoms with Crippen molar-refractivity contribution in [2.75, 3.05) is 12.4 Å². The third-order valence-electron chi connectivity index (χ3n) is 7.23. The van der Waals surface area contributed by atoms with E-state index in [1.54, 1.807) is 25.4 Å². The number of nitrogens with one attached hydrogen (secondary N) is 3. The van der Waals surface area contributed by atoms with Gasteiger partial charge in [-0.25, -0.2) is 9.78 Å². The molecule has 2 heterocycles. The van der Waals surface area contributed by atoms with E-state index in [4.69, 9.17) is 9.47 Å². The SMILES string of the molecule is CCC1(O)CCC(NC(=O)O[C@H]2CC[C@@H](c3cc(NC(=O)Cc4ccc(OC)nc4)n[nH]3)C2)CC1. The summed E-state index contributed by atoms with van der Waals surface area (Å²) >= 11 is 0. The van der Waals surface area contributed by atoms with Gasteiger partial charge >= 0.3 is 6.09 Å². The first kappa shape index (κ1) is 25.0. The molecule has 2 aromatic heterocycles. The summed E-state index contributed by atoms with van der Waals surface area (Å²) in [6, 6.07) is 5.41. The molecule has 0 radical (unpaired) electrons. The molecule has 0 aliphatic heterocycles. The number of pyridine rings is 1. The zero-order valence-corrected chi connectivity index (χ0v) is 20.4. The molecule has 2 aliphatic carbocycles. The predicted octanol–water partition coefficient (Wildman–Crippen LogP) is 3.44. The number of ether oxygens (including phenoxy) is 2. The van der Waals surface area contributed by atoms with Crippen LogP contribution in [0, 0.1) is 0 Å². The van der Waals surface area contributed by atoms with Crippen molar-refractivity contribution in [3.05, 3.63) is 35.7 Å². The molecule has 2 amide bonds. The summed E-state index contributed by atoms with van der Waals surface area (Å²) < 4.78 is 10.7. The van der Waals surface area contributed by atoms with Crippen LogP contribution in [0.25, 0.3) is 0 Å². The van der Waals surface area contributed by atoms with E-state index < -0.39 is 5.60 Å². The highest BCUT2D eigenvalue weighted by molar-refractivity contribution is 5.91. The number of anilines is 1. The molecule has 0 spiro atoms. The molecule has 2 atom stereocenters. The number of hydrogen-bond acceptors (Lipinski definition) is 7. The zero-order valence-electron chi connectivity index (χ0n) is 20.4. The maximum atomic E-state index is 12.4. The molecule has 0 saturated heterocycles. The van der Waals surface area contributed by atoms with Crippen molar-refractivity contribution in [1.29, 1.82) is 0 Å². The number of hydrogen-bond donors (Lipinski definition) is 4. The molecule has 0 unspecified atom stereocenters. The third-order valence-corrected chi connectivity index (χ3v) is 7.23. The second-order valence-corrected chi connectivity index (χ2v) is 9.68. The van der Waals surface area contributed by atoms with Crippen molar-refractivity contribution >= 4 is 17.8 Å². The number of carbonyl (C=O) groups is 2. The van der Waals surface area contributed by atoms with E-state index in [9.17, 15) is 14.7 Å². The number of H-pyrrole nitrogens is 1. The lowest BCUT2D eigenvalue weighted by molar-refractivity contribution is -0.115. The molecule has 2 fully saturated rings. The van der Waals surface area contributed by atoms with Crippen LogP contribution in [0.5, 0.6) is 5.88 Å². The van der Waals surface area contributed by atoms with Gasteiger partial charge < -0.3 is 25.2 Å². The van der Waals surface area contributed by atoms with E-state index in [1.165, 1.54) is 0 Å². The van der Waals surface area contributed by atoms with Crippen molar-refractivity contribution in [2.24, 2.45) is 0 Å². The van der Waals surface area contributed by atoms with Crippen molar-refractivity contribution in [2.45, 2.75) is 88.4 Å². The Kier molecular flexibility index (Phi) is 7.90. The van der Waals surface area contributed by atoms with Gasteiger partial charge in [-0.1, -0.05) is 13.0 Å². The van der Waals surface area contributed by atoms with Crippen LogP contribution >= 0.6 is 0 Å². The second-order valence-electron chi connectivity index (χ2n) is 9.68. The normalized spacial score (nSPS) is 26.2. The minimum Gasteiger partial charge on any atom is -0.481 e. The lowest BCUT2D eigenvalue weighted by Gasteiger charge is -2.35. The fourth-order valence-electron chi connectivity index (χ4n) is 4.95. The molecule has 4 rings (SSSR count). The molecule has 2 aromatic rings. The lowest BCUT2D eigenvalue weighted by atomic mass is 9.81. The van der Waals surface area contributed by atoms with Crippen molar-refractivity contribution in [1.82, 2.24) is 20.5 Å². The first-order valence-corrected chi connectivity index (χ1v) is 12.4. The predicted molar refractivity (Wildman–Crippen MR) is 129 cm³/mol. The standard InChI is InChI=1S/C25H35N5O5/c1-3-25(33)10-8-18(9-11-25)27-24(32)35-19-6-5-17(13-19)20-14-21(30-29-20)28-22(31)12-16-4-7-23(34-2)26-15-16/h4,7,14-15,17-19,33H,3,5-6,8-13H2,1-2H3,(H,27,32)(H2,28,29,30,31)/t17-,18?,19+,25?/m1/s1. The Hall–Kier alpha value is -3.14. The zero-order chi connectivity index (χ0) is 24.8. The minimum atomic E-state index is -0.587. The summed E-state index contributed by atoms with van der Waals surface area (Å²) in [5.74, 6) is 0.976. The quantitative estimate of drug-likeness (QED) is 0.449. The van der Waals surface area contributed by atoms with Crippen LogP contribution in [0.3, 0.4) is 0 Å². The number of rotatable bonds is 8. The average Bonchev–Trinajstić information content (AvgIpc) is 3.50. The Bertz CT molecular complexity index is 1000. The molecule has 4 N–H and O–H groups in total. The monoisotopic (exact) mass is 485 g/mol. The van der Waals surface area contributed by atoms with Crippen LogP contribution < -0.4 is 15.4 Å². The molecule has 10 heteroatoms. The Morgan fingerprint density at radius 1 is 1.23 bits per heavy atom.